The molecule has 4 N–H and O–H groups in total. The van der Waals surface area contributed by atoms with E-state index in [1.807, 2.05) is 37.3 Å². The van der Waals surface area contributed by atoms with Gasteiger partial charge in [0.2, 0.25) is 0 Å². The molecule has 106 valence electrons. The van der Waals surface area contributed by atoms with E-state index >= 15 is 0 Å². The highest BCUT2D eigenvalue weighted by atomic mass is 16.5. The van der Waals surface area contributed by atoms with Crippen LogP contribution >= 0.6 is 0 Å². The van der Waals surface area contributed by atoms with Gasteiger partial charge in [-0.25, -0.2) is 0 Å². The van der Waals surface area contributed by atoms with Gasteiger partial charge in [-0.2, -0.15) is 0 Å². The van der Waals surface area contributed by atoms with E-state index in [1.54, 1.807) is 14.2 Å². The number of hydrogen-bond acceptors (Lipinski definition) is 4. The molecule has 0 bridgehead atoms. The van der Waals surface area contributed by atoms with Gasteiger partial charge in [-0.05, 0) is 47.9 Å². The average Bonchev–Trinajstić information content (AvgIpc) is 2.48. The van der Waals surface area contributed by atoms with E-state index in [1.165, 1.54) is 0 Å². The fourth-order valence-electron chi connectivity index (χ4n) is 2.27. The second-order valence-corrected chi connectivity index (χ2v) is 4.66. The van der Waals surface area contributed by atoms with Crippen molar-refractivity contribution in [2.75, 3.05) is 20.0 Å². The number of rotatable bonds is 4. The molecule has 4 heteroatoms. The number of hydrogen-bond donors (Lipinski definition) is 2. The summed E-state index contributed by atoms with van der Waals surface area (Å²) in [5.41, 5.74) is 16.4. The van der Waals surface area contributed by atoms with Crippen LogP contribution < -0.4 is 20.9 Å². The maximum Gasteiger partial charge on any atom is 0.168 e. The summed E-state index contributed by atoms with van der Waals surface area (Å²) in [6.07, 6.45) is 0. The molecule has 0 aliphatic carbocycles. The summed E-state index contributed by atoms with van der Waals surface area (Å²) >= 11 is 0. The minimum atomic E-state index is 0.439. The first-order valence-electron chi connectivity index (χ1n) is 6.42. The van der Waals surface area contributed by atoms with Gasteiger partial charge in [0.05, 0.1) is 14.2 Å². The van der Waals surface area contributed by atoms with Gasteiger partial charge in [0.25, 0.3) is 0 Å². The molecule has 0 spiro atoms. The standard InChI is InChI=1S/C16H20N2O2/c1-10-4-5-12(18)8-13(10)14-6-11(9-17)7-15(19-2)16(14)20-3/h4-8H,9,17-18H2,1-3H3. The van der Waals surface area contributed by atoms with Crippen LogP contribution in [0.1, 0.15) is 11.1 Å². The van der Waals surface area contributed by atoms with Crippen molar-refractivity contribution in [3.8, 4) is 22.6 Å². The molecule has 0 heterocycles. The van der Waals surface area contributed by atoms with Crippen molar-refractivity contribution in [2.45, 2.75) is 13.5 Å². The zero-order valence-corrected chi connectivity index (χ0v) is 12.1. The van der Waals surface area contributed by atoms with Crippen molar-refractivity contribution in [2.24, 2.45) is 5.73 Å². The summed E-state index contributed by atoms with van der Waals surface area (Å²) in [4.78, 5) is 0. The first-order valence-corrected chi connectivity index (χ1v) is 6.42. The van der Waals surface area contributed by atoms with Crippen LogP contribution in [0.15, 0.2) is 30.3 Å². The number of aryl methyl sites for hydroxylation is 1. The Kier molecular flexibility index (Phi) is 4.15. The topological polar surface area (TPSA) is 70.5 Å². The van der Waals surface area contributed by atoms with Crippen LogP contribution in [-0.2, 0) is 6.54 Å². The van der Waals surface area contributed by atoms with E-state index in [-0.39, 0.29) is 0 Å². The molecule has 0 aliphatic rings. The Hall–Kier alpha value is -2.20. The lowest BCUT2D eigenvalue weighted by molar-refractivity contribution is 0.355. The van der Waals surface area contributed by atoms with Gasteiger partial charge in [-0.1, -0.05) is 6.07 Å². The highest BCUT2D eigenvalue weighted by molar-refractivity contribution is 5.79. The first kappa shape index (κ1) is 14.2. The van der Waals surface area contributed by atoms with Crippen molar-refractivity contribution in [1.82, 2.24) is 0 Å². The molecule has 2 rings (SSSR count). The summed E-state index contributed by atoms with van der Waals surface area (Å²) in [5.74, 6) is 1.37. The Morgan fingerprint density at radius 1 is 1.00 bits per heavy atom. The minimum Gasteiger partial charge on any atom is -0.493 e. The van der Waals surface area contributed by atoms with Crippen LogP contribution in [-0.4, -0.2) is 14.2 Å². The largest absolute Gasteiger partial charge is 0.493 e. The smallest absolute Gasteiger partial charge is 0.168 e. The number of methoxy groups -OCH3 is 2. The third-order valence-corrected chi connectivity index (χ3v) is 3.33. The minimum absolute atomic E-state index is 0.439. The van der Waals surface area contributed by atoms with Crippen LogP contribution in [0, 0.1) is 6.92 Å². The van der Waals surface area contributed by atoms with Crippen LogP contribution in [0.25, 0.3) is 11.1 Å². The van der Waals surface area contributed by atoms with Crippen LogP contribution in [0.5, 0.6) is 11.5 Å². The van der Waals surface area contributed by atoms with Gasteiger partial charge < -0.3 is 20.9 Å². The van der Waals surface area contributed by atoms with E-state index in [0.29, 0.717) is 23.7 Å². The molecule has 0 amide bonds. The zero-order valence-electron chi connectivity index (χ0n) is 12.1. The molecule has 0 aromatic heterocycles. The molecule has 0 fully saturated rings. The molecular weight excluding hydrogens is 252 g/mol. The lowest BCUT2D eigenvalue weighted by Gasteiger charge is -2.16. The SMILES string of the molecule is COc1cc(CN)cc(-c2cc(N)ccc2C)c1OC. The van der Waals surface area contributed by atoms with Gasteiger partial charge in [0, 0.05) is 17.8 Å². The molecule has 2 aromatic carbocycles. The van der Waals surface area contributed by atoms with Crippen molar-refractivity contribution in [3.05, 3.63) is 41.5 Å². The Balaban J connectivity index is 2.74. The second-order valence-electron chi connectivity index (χ2n) is 4.66. The van der Waals surface area contributed by atoms with Crippen molar-refractivity contribution in [1.29, 1.82) is 0 Å². The Labute approximate surface area is 119 Å². The molecule has 0 aliphatic heterocycles. The molecule has 0 saturated heterocycles. The quantitative estimate of drug-likeness (QED) is 0.840. The Bertz CT molecular complexity index is 624. The third-order valence-electron chi connectivity index (χ3n) is 3.33. The lowest BCUT2D eigenvalue weighted by Crippen LogP contribution is -2.01. The summed E-state index contributed by atoms with van der Waals surface area (Å²) in [6, 6.07) is 9.72. The third kappa shape index (κ3) is 2.56. The fourth-order valence-corrected chi connectivity index (χ4v) is 2.27. The van der Waals surface area contributed by atoms with Crippen LogP contribution in [0.2, 0.25) is 0 Å². The summed E-state index contributed by atoms with van der Waals surface area (Å²) in [7, 11) is 3.25. The van der Waals surface area contributed by atoms with Gasteiger partial charge in [-0.3, -0.25) is 0 Å². The molecular formula is C16H20N2O2. The van der Waals surface area contributed by atoms with Gasteiger partial charge in [0.1, 0.15) is 0 Å². The molecule has 0 atom stereocenters. The lowest BCUT2D eigenvalue weighted by atomic mass is 9.96. The van der Waals surface area contributed by atoms with Gasteiger partial charge in [0.15, 0.2) is 11.5 Å². The van der Waals surface area contributed by atoms with E-state index in [4.69, 9.17) is 20.9 Å². The van der Waals surface area contributed by atoms with E-state index in [2.05, 4.69) is 0 Å². The number of nitrogen functional groups attached to an aromatic ring is 1. The highest BCUT2D eigenvalue weighted by Gasteiger charge is 2.15. The second kappa shape index (κ2) is 5.84. The normalized spacial score (nSPS) is 10.4. The van der Waals surface area contributed by atoms with Crippen molar-refractivity contribution < 1.29 is 9.47 Å². The van der Waals surface area contributed by atoms with Crippen molar-refractivity contribution in [3.63, 3.8) is 0 Å². The van der Waals surface area contributed by atoms with E-state index in [0.717, 1.165) is 22.3 Å². The summed E-state index contributed by atoms with van der Waals surface area (Å²) in [6.45, 7) is 2.48. The summed E-state index contributed by atoms with van der Waals surface area (Å²) < 4.78 is 10.9. The first-order chi connectivity index (χ1) is 9.60. The maximum atomic E-state index is 5.90. The molecule has 0 unspecified atom stereocenters. The fraction of sp³-hybridized carbons (Fsp3) is 0.250. The van der Waals surface area contributed by atoms with E-state index < -0.39 is 0 Å². The number of benzene rings is 2. The number of nitrogens with two attached hydrogens (primary N) is 2. The van der Waals surface area contributed by atoms with Crippen LogP contribution in [0.3, 0.4) is 0 Å². The van der Waals surface area contributed by atoms with E-state index in [9.17, 15) is 0 Å². The highest BCUT2D eigenvalue weighted by Crippen LogP contribution is 2.40. The Morgan fingerprint density at radius 2 is 1.75 bits per heavy atom. The zero-order chi connectivity index (χ0) is 14.7. The summed E-state index contributed by atoms with van der Waals surface area (Å²) in [5, 5.41) is 0. The average molecular weight is 272 g/mol. The molecule has 0 saturated carbocycles. The number of ether oxygens (including phenoxy) is 2. The van der Waals surface area contributed by atoms with Gasteiger partial charge >= 0.3 is 0 Å². The number of anilines is 1. The monoisotopic (exact) mass is 272 g/mol. The Morgan fingerprint density at radius 3 is 2.35 bits per heavy atom. The van der Waals surface area contributed by atoms with Crippen LogP contribution in [0.4, 0.5) is 5.69 Å². The predicted octanol–water partition coefficient (Wildman–Crippen LogP) is 2.72. The predicted molar refractivity (Wildman–Crippen MR) is 82.0 cm³/mol. The molecule has 0 radical (unpaired) electrons. The molecule has 2 aromatic rings. The molecule has 20 heavy (non-hydrogen) atoms. The maximum absolute atomic E-state index is 5.90. The molecule has 4 nitrogen and oxygen atoms in total. The van der Waals surface area contributed by atoms with Crippen molar-refractivity contribution >= 4 is 5.69 Å². The van der Waals surface area contributed by atoms with Gasteiger partial charge in [-0.15, -0.1) is 0 Å².